The van der Waals surface area contributed by atoms with Crippen LogP contribution in [-0.4, -0.2) is 49.6 Å². The molecule has 0 bridgehead atoms. The fraction of sp³-hybridized carbons (Fsp3) is 1.00. The van der Waals surface area contributed by atoms with E-state index < -0.39 is 0 Å². The summed E-state index contributed by atoms with van der Waals surface area (Å²) in [6.07, 6.45) is 7.08. The minimum Gasteiger partial charge on any atom is -0.306 e. The Hall–Kier alpha value is -0.0800. The summed E-state index contributed by atoms with van der Waals surface area (Å²) in [6.45, 7) is 16.4. The Bertz CT molecular complexity index is 299. The highest BCUT2D eigenvalue weighted by molar-refractivity contribution is 4.81. The molecule has 0 N–H and O–H groups in total. The Morgan fingerprint density at radius 3 is 2.29 bits per heavy atom. The van der Waals surface area contributed by atoms with Gasteiger partial charge in [0, 0.05) is 6.54 Å². The van der Waals surface area contributed by atoms with E-state index in [9.17, 15) is 0 Å². The normalized spacial score (nSPS) is 28.7. The average molecular weight is 295 g/mol. The van der Waals surface area contributed by atoms with Crippen molar-refractivity contribution in [3.05, 3.63) is 0 Å². The van der Waals surface area contributed by atoms with E-state index in [1.54, 1.807) is 0 Å². The molecule has 2 fully saturated rings. The van der Waals surface area contributed by atoms with Gasteiger partial charge in [0.1, 0.15) is 0 Å². The zero-order chi connectivity index (χ0) is 15.5. The Balaban J connectivity index is 1.67. The van der Waals surface area contributed by atoms with Crippen molar-refractivity contribution >= 4 is 0 Å². The number of piperidine rings is 2. The molecule has 2 heterocycles. The minimum absolute atomic E-state index is 0.506. The quantitative estimate of drug-likeness (QED) is 0.770. The van der Waals surface area contributed by atoms with Crippen molar-refractivity contribution in [2.24, 2.45) is 23.2 Å². The SMILES string of the molecule is CC(CCN1CCC(C(C)(C)C)CC1)C1CCCN(C)C1. The molecule has 2 rings (SSSR count). The molecule has 21 heavy (non-hydrogen) atoms. The van der Waals surface area contributed by atoms with Crippen molar-refractivity contribution < 1.29 is 0 Å². The first kappa shape index (κ1) is 17.3. The summed E-state index contributed by atoms with van der Waals surface area (Å²) < 4.78 is 0. The van der Waals surface area contributed by atoms with Gasteiger partial charge in [0.05, 0.1) is 0 Å². The summed E-state index contributed by atoms with van der Waals surface area (Å²) in [5.74, 6) is 2.77. The first-order valence-electron chi connectivity index (χ1n) is 9.27. The van der Waals surface area contributed by atoms with E-state index in [4.69, 9.17) is 0 Å². The Labute approximate surface area is 133 Å². The molecule has 2 nitrogen and oxygen atoms in total. The van der Waals surface area contributed by atoms with E-state index in [1.165, 1.54) is 64.8 Å². The van der Waals surface area contributed by atoms with E-state index in [1.807, 2.05) is 0 Å². The van der Waals surface area contributed by atoms with Crippen LogP contribution in [0.3, 0.4) is 0 Å². The van der Waals surface area contributed by atoms with Gasteiger partial charge in [0.2, 0.25) is 0 Å². The lowest BCUT2D eigenvalue weighted by molar-refractivity contribution is 0.0994. The molecule has 0 aromatic carbocycles. The Morgan fingerprint density at radius 2 is 1.71 bits per heavy atom. The minimum atomic E-state index is 0.506. The van der Waals surface area contributed by atoms with Crippen LogP contribution in [0.15, 0.2) is 0 Å². The number of likely N-dealkylation sites (tertiary alicyclic amines) is 2. The maximum Gasteiger partial charge on any atom is 0.000917 e. The number of rotatable bonds is 4. The highest BCUT2D eigenvalue weighted by atomic mass is 15.1. The van der Waals surface area contributed by atoms with Crippen LogP contribution in [0.5, 0.6) is 0 Å². The van der Waals surface area contributed by atoms with Crippen LogP contribution in [0.1, 0.15) is 59.8 Å². The number of nitrogens with zero attached hydrogens (tertiary/aromatic N) is 2. The van der Waals surface area contributed by atoms with Gasteiger partial charge in [0.15, 0.2) is 0 Å². The molecule has 0 radical (unpaired) electrons. The molecule has 2 heteroatoms. The summed E-state index contributed by atoms with van der Waals surface area (Å²) in [5.41, 5.74) is 0.506. The maximum absolute atomic E-state index is 2.73. The van der Waals surface area contributed by atoms with Gasteiger partial charge in [-0.3, -0.25) is 0 Å². The topological polar surface area (TPSA) is 6.48 Å². The lowest BCUT2D eigenvalue weighted by atomic mass is 9.75. The van der Waals surface area contributed by atoms with Gasteiger partial charge in [-0.05, 0) is 88.5 Å². The highest BCUT2D eigenvalue weighted by Gasteiger charge is 2.29. The Kier molecular flexibility index (Phi) is 6.14. The molecule has 2 atom stereocenters. The highest BCUT2D eigenvalue weighted by Crippen LogP contribution is 2.34. The van der Waals surface area contributed by atoms with Crippen molar-refractivity contribution in [3.63, 3.8) is 0 Å². The monoisotopic (exact) mass is 294 g/mol. The van der Waals surface area contributed by atoms with E-state index >= 15 is 0 Å². The van der Waals surface area contributed by atoms with Crippen LogP contribution in [0.4, 0.5) is 0 Å². The van der Waals surface area contributed by atoms with Crippen LogP contribution < -0.4 is 0 Å². The molecule has 2 aliphatic rings. The summed E-state index contributed by atoms with van der Waals surface area (Å²) in [4.78, 5) is 5.25. The molecule has 124 valence electrons. The van der Waals surface area contributed by atoms with Gasteiger partial charge in [-0.15, -0.1) is 0 Å². The second-order valence-electron chi connectivity index (χ2n) is 8.91. The van der Waals surface area contributed by atoms with Gasteiger partial charge < -0.3 is 9.80 Å². The van der Waals surface area contributed by atoms with Crippen molar-refractivity contribution in [3.8, 4) is 0 Å². The number of hydrogen-bond acceptors (Lipinski definition) is 2. The maximum atomic E-state index is 2.73. The molecule has 0 aromatic heterocycles. The summed E-state index contributed by atoms with van der Waals surface area (Å²) in [7, 11) is 2.29. The molecule has 2 unspecified atom stereocenters. The van der Waals surface area contributed by atoms with Gasteiger partial charge in [-0.2, -0.15) is 0 Å². The fourth-order valence-corrected chi connectivity index (χ4v) is 4.32. The first-order chi connectivity index (χ1) is 9.86. The lowest BCUT2D eigenvalue weighted by Gasteiger charge is -2.39. The lowest BCUT2D eigenvalue weighted by Crippen LogP contribution is -2.40. The van der Waals surface area contributed by atoms with Crippen LogP contribution in [0.25, 0.3) is 0 Å². The summed E-state index contributed by atoms with van der Waals surface area (Å²) >= 11 is 0. The summed E-state index contributed by atoms with van der Waals surface area (Å²) in [6, 6.07) is 0. The Morgan fingerprint density at radius 1 is 1.05 bits per heavy atom. The van der Waals surface area contributed by atoms with Crippen molar-refractivity contribution in [1.82, 2.24) is 9.80 Å². The third-order valence-corrected chi connectivity index (χ3v) is 6.18. The van der Waals surface area contributed by atoms with Gasteiger partial charge in [-0.1, -0.05) is 27.7 Å². The number of hydrogen-bond donors (Lipinski definition) is 0. The fourth-order valence-electron chi connectivity index (χ4n) is 4.32. The second kappa shape index (κ2) is 7.46. The van der Waals surface area contributed by atoms with E-state index in [2.05, 4.69) is 44.5 Å². The molecule has 0 amide bonds. The second-order valence-corrected chi connectivity index (χ2v) is 8.91. The predicted octanol–water partition coefficient (Wildman–Crippen LogP) is 4.11. The molecule has 0 spiro atoms. The van der Waals surface area contributed by atoms with Gasteiger partial charge in [0.25, 0.3) is 0 Å². The zero-order valence-electron chi connectivity index (χ0n) is 15.2. The van der Waals surface area contributed by atoms with Crippen LogP contribution in [0, 0.1) is 23.2 Å². The van der Waals surface area contributed by atoms with Crippen molar-refractivity contribution in [2.45, 2.75) is 59.8 Å². The molecular weight excluding hydrogens is 256 g/mol. The smallest absolute Gasteiger partial charge is 0.000917 e. The van der Waals surface area contributed by atoms with Crippen LogP contribution >= 0.6 is 0 Å². The predicted molar refractivity (Wildman–Crippen MR) is 92.6 cm³/mol. The molecular formula is C19H38N2. The standard InChI is InChI=1S/C19H38N2/c1-16(17-7-6-11-20(5)15-17)8-12-21-13-9-18(10-14-21)19(2,3)4/h16-18H,6-15H2,1-5H3. The molecule has 2 aliphatic heterocycles. The van der Waals surface area contributed by atoms with E-state index in [0.717, 1.165) is 17.8 Å². The van der Waals surface area contributed by atoms with E-state index in [0.29, 0.717) is 5.41 Å². The summed E-state index contributed by atoms with van der Waals surface area (Å²) in [5, 5.41) is 0. The average Bonchev–Trinajstić information content (AvgIpc) is 2.44. The van der Waals surface area contributed by atoms with Gasteiger partial charge >= 0.3 is 0 Å². The molecule has 0 saturated carbocycles. The first-order valence-corrected chi connectivity index (χ1v) is 9.27. The molecule has 2 saturated heterocycles. The van der Waals surface area contributed by atoms with Crippen molar-refractivity contribution in [2.75, 3.05) is 39.8 Å². The molecule has 0 aromatic rings. The third kappa shape index (κ3) is 5.25. The van der Waals surface area contributed by atoms with Crippen LogP contribution in [0.2, 0.25) is 0 Å². The largest absolute Gasteiger partial charge is 0.306 e. The third-order valence-electron chi connectivity index (χ3n) is 6.18. The van der Waals surface area contributed by atoms with Crippen molar-refractivity contribution in [1.29, 1.82) is 0 Å². The van der Waals surface area contributed by atoms with Crippen LogP contribution in [-0.2, 0) is 0 Å². The van der Waals surface area contributed by atoms with Gasteiger partial charge in [-0.25, -0.2) is 0 Å². The zero-order valence-corrected chi connectivity index (χ0v) is 15.2. The van der Waals surface area contributed by atoms with E-state index in [-0.39, 0.29) is 0 Å². The molecule has 0 aliphatic carbocycles.